The molecule has 0 fully saturated rings. The van der Waals surface area contributed by atoms with E-state index in [9.17, 15) is 4.39 Å². The molecule has 4 N–H and O–H groups in total. The number of aromatic nitrogens is 2. The molecular weight excluding hydrogens is 185 g/mol. The number of phenolic OH excluding ortho intramolecular Hbond substituents is 1. The van der Waals surface area contributed by atoms with Crippen LogP contribution in [-0.2, 0) is 0 Å². The van der Waals surface area contributed by atoms with Gasteiger partial charge in [0, 0.05) is 11.6 Å². The molecule has 0 bridgehead atoms. The molecule has 0 spiro atoms. The molecule has 72 valence electrons. The van der Waals surface area contributed by atoms with Gasteiger partial charge in [0.2, 0.25) is 0 Å². The fourth-order valence-corrected chi connectivity index (χ4v) is 1.20. The lowest BCUT2D eigenvalue weighted by molar-refractivity contribution is 0.469. The normalized spacial score (nSPS) is 10.4. The fraction of sp³-hybridized carbons (Fsp3) is 0. The van der Waals surface area contributed by atoms with E-state index in [2.05, 4.69) is 9.97 Å². The molecule has 0 saturated carbocycles. The molecule has 4 nitrogen and oxygen atoms in total. The summed E-state index contributed by atoms with van der Waals surface area (Å²) in [6.07, 6.45) is 1.44. The van der Waals surface area contributed by atoms with Crippen LogP contribution in [0.15, 0.2) is 24.4 Å². The van der Waals surface area contributed by atoms with Crippen LogP contribution < -0.4 is 5.73 Å². The van der Waals surface area contributed by atoms with Gasteiger partial charge >= 0.3 is 0 Å². The Hall–Kier alpha value is -2.04. The van der Waals surface area contributed by atoms with E-state index in [1.807, 2.05) is 0 Å². The largest absolute Gasteiger partial charge is 0.508 e. The lowest BCUT2D eigenvalue weighted by atomic mass is 10.1. The first kappa shape index (κ1) is 8.55. The maximum atomic E-state index is 13.3. The summed E-state index contributed by atoms with van der Waals surface area (Å²) in [5.74, 6) is -0.403. The monoisotopic (exact) mass is 193 g/mol. The average Bonchev–Trinajstić information content (AvgIpc) is 2.51. The zero-order valence-electron chi connectivity index (χ0n) is 7.16. The van der Waals surface area contributed by atoms with Crippen LogP contribution in [0.2, 0.25) is 0 Å². The number of aromatic amines is 1. The average molecular weight is 193 g/mol. The Morgan fingerprint density at radius 2 is 2.21 bits per heavy atom. The second kappa shape index (κ2) is 3.02. The summed E-state index contributed by atoms with van der Waals surface area (Å²) in [5.41, 5.74) is 6.17. The van der Waals surface area contributed by atoms with Crippen molar-refractivity contribution in [2.45, 2.75) is 0 Å². The smallest absolute Gasteiger partial charge is 0.197 e. The molecule has 2 rings (SSSR count). The summed E-state index contributed by atoms with van der Waals surface area (Å²) in [6.45, 7) is 0. The molecule has 5 heteroatoms. The Bertz CT molecular complexity index is 467. The number of phenols is 1. The summed E-state index contributed by atoms with van der Waals surface area (Å²) < 4.78 is 13.3. The highest BCUT2D eigenvalue weighted by molar-refractivity contribution is 5.61. The molecule has 0 unspecified atom stereocenters. The molecule has 1 heterocycles. The lowest BCUT2D eigenvalue weighted by Gasteiger charge is -1.99. The molecular formula is C9H8FN3O. The Labute approximate surface area is 79.2 Å². The van der Waals surface area contributed by atoms with Crippen molar-refractivity contribution >= 4 is 5.95 Å². The van der Waals surface area contributed by atoms with Crippen LogP contribution in [-0.4, -0.2) is 15.1 Å². The number of nitrogens with one attached hydrogen (secondary N) is 1. The number of rotatable bonds is 1. The molecule has 0 radical (unpaired) electrons. The summed E-state index contributed by atoms with van der Waals surface area (Å²) >= 11 is 0. The Balaban J connectivity index is 2.52. The molecule has 2 aromatic rings. The predicted molar refractivity (Wildman–Crippen MR) is 50.1 cm³/mol. The Morgan fingerprint density at radius 3 is 2.79 bits per heavy atom. The summed E-state index contributed by atoms with van der Waals surface area (Å²) in [7, 11) is 0. The van der Waals surface area contributed by atoms with Crippen molar-refractivity contribution < 1.29 is 9.50 Å². The quantitative estimate of drug-likeness (QED) is 0.642. The van der Waals surface area contributed by atoms with Gasteiger partial charge in [0.1, 0.15) is 11.6 Å². The van der Waals surface area contributed by atoms with Crippen molar-refractivity contribution in [1.82, 2.24) is 9.97 Å². The third kappa shape index (κ3) is 1.39. The van der Waals surface area contributed by atoms with E-state index in [1.165, 1.54) is 18.3 Å². The highest BCUT2D eigenvalue weighted by atomic mass is 19.1. The number of hydrogen-bond acceptors (Lipinski definition) is 3. The van der Waals surface area contributed by atoms with Crippen molar-refractivity contribution in [2.24, 2.45) is 0 Å². The molecule has 0 saturated heterocycles. The van der Waals surface area contributed by atoms with Gasteiger partial charge < -0.3 is 15.8 Å². The molecule has 14 heavy (non-hydrogen) atoms. The number of imidazole rings is 1. The minimum Gasteiger partial charge on any atom is -0.508 e. The van der Waals surface area contributed by atoms with Crippen LogP contribution in [0.5, 0.6) is 5.75 Å². The van der Waals surface area contributed by atoms with Gasteiger partial charge in [0.25, 0.3) is 0 Å². The van der Waals surface area contributed by atoms with E-state index in [-0.39, 0.29) is 11.7 Å². The van der Waals surface area contributed by atoms with Gasteiger partial charge in [-0.05, 0) is 12.1 Å². The van der Waals surface area contributed by atoms with Crippen LogP contribution in [0.4, 0.5) is 10.3 Å². The van der Waals surface area contributed by atoms with Crippen molar-refractivity contribution in [2.75, 3.05) is 5.73 Å². The van der Waals surface area contributed by atoms with E-state index in [1.54, 1.807) is 0 Å². The number of nitrogens with two attached hydrogens (primary N) is 1. The number of H-pyrrole nitrogens is 1. The molecule has 0 aliphatic rings. The first-order valence-electron chi connectivity index (χ1n) is 3.96. The minimum absolute atomic E-state index is 0.112. The van der Waals surface area contributed by atoms with Gasteiger partial charge in [-0.3, -0.25) is 0 Å². The third-order valence-electron chi connectivity index (χ3n) is 1.84. The third-order valence-corrected chi connectivity index (χ3v) is 1.84. The van der Waals surface area contributed by atoms with Crippen molar-refractivity contribution in [3.8, 4) is 17.0 Å². The minimum atomic E-state index is -0.520. The number of hydrogen-bond donors (Lipinski definition) is 3. The summed E-state index contributed by atoms with van der Waals surface area (Å²) in [5, 5.41) is 9.00. The Kier molecular flexibility index (Phi) is 1.85. The van der Waals surface area contributed by atoms with Crippen molar-refractivity contribution in [3.63, 3.8) is 0 Å². The highest BCUT2D eigenvalue weighted by Gasteiger charge is 2.07. The van der Waals surface area contributed by atoms with E-state index < -0.39 is 5.82 Å². The number of benzene rings is 1. The van der Waals surface area contributed by atoms with E-state index in [0.717, 1.165) is 6.07 Å². The van der Waals surface area contributed by atoms with Gasteiger partial charge in [-0.25, -0.2) is 9.37 Å². The number of nitrogens with zero attached hydrogens (tertiary/aromatic N) is 1. The number of aromatic hydroxyl groups is 1. The zero-order valence-corrected chi connectivity index (χ0v) is 7.16. The van der Waals surface area contributed by atoms with Crippen molar-refractivity contribution in [1.29, 1.82) is 0 Å². The molecule has 0 atom stereocenters. The number of anilines is 1. The summed E-state index contributed by atoms with van der Waals surface area (Å²) in [6, 6.07) is 3.89. The second-order valence-electron chi connectivity index (χ2n) is 2.85. The number of nitrogen functional groups attached to an aromatic ring is 1. The Morgan fingerprint density at radius 1 is 1.43 bits per heavy atom. The highest BCUT2D eigenvalue weighted by Crippen LogP contribution is 2.24. The lowest BCUT2D eigenvalue weighted by Crippen LogP contribution is -1.87. The van der Waals surface area contributed by atoms with Gasteiger partial charge in [-0.1, -0.05) is 0 Å². The van der Waals surface area contributed by atoms with Crippen LogP contribution in [0.1, 0.15) is 0 Å². The number of halogens is 1. The van der Waals surface area contributed by atoms with Gasteiger partial charge in [-0.15, -0.1) is 0 Å². The molecule has 0 aliphatic carbocycles. The standard InChI is InChI=1S/C9H8FN3O/c10-7-3-5(14)1-2-6(7)8-4-12-9(11)13-8/h1-4,14H,(H3,11,12,13). The topological polar surface area (TPSA) is 74.9 Å². The molecule has 0 aliphatic heterocycles. The fourth-order valence-electron chi connectivity index (χ4n) is 1.20. The van der Waals surface area contributed by atoms with Gasteiger partial charge in [0.05, 0.1) is 11.9 Å². The molecule has 1 aromatic heterocycles. The van der Waals surface area contributed by atoms with Crippen molar-refractivity contribution in [3.05, 3.63) is 30.2 Å². The molecule has 1 aromatic carbocycles. The predicted octanol–water partition coefficient (Wildman–Crippen LogP) is 1.50. The van der Waals surface area contributed by atoms with E-state index >= 15 is 0 Å². The van der Waals surface area contributed by atoms with E-state index in [4.69, 9.17) is 10.8 Å². The molecule has 0 amide bonds. The maximum Gasteiger partial charge on any atom is 0.197 e. The zero-order chi connectivity index (χ0) is 10.1. The second-order valence-corrected chi connectivity index (χ2v) is 2.85. The SMILES string of the molecule is Nc1ncc(-c2ccc(O)cc2F)[nH]1. The first-order valence-corrected chi connectivity index (χ1v) is 3.96. The van der Waals surface area contributed by atoms with Gasteiger partial charge in [-0.2, -0.15) is 0 Å². The van der Waals surface area contributed by atoms with Crippen LogP contribution in [0.25, 0.3) is 11.3 Å². The van der Waals surface area contributed by atoms with E-state index in [0.29, 0.717) is 11.3 Å². The van der Waals surface area contributed by atoms with Crippen LogP contribution in [0, 0.1) is 5.82 Å². The maximum absolute atomic E-state index is 13.3. The van der Waals surface area contributed by atoms with Crippen LogP contribution >= 0.6 is 0 Å². The first-order chi connectivity index (χ1) is 6.66. The summed E-state index contributed by atoms with van der Waals surface area (Å²) in [4.78, 5) is 6.45. The van der Waals surface area contributed by atoms with Gasteiger partial charge in [0.15, 0.2) is 5.95 Å². The van der Waals surface area contributed by atoms with Crippen LogP contribution in [0.3, 0.4) is 0 Å².